The fraction of sp³-hybridized carbons (Fsp3) is 0.381. The minimum absolute atomic E-state index is 0.0188. The van der Waals surface area contributed by atoms with Gasteiger partial charge in [-0.25, -0.2) is 0 Å². The van der Waals surface area contributed by atoms with E-state index in [9.17, 15) is 4.79 Å². The summed E-state index contributed by atoms with van der Waals surface area (Å²) in [6.45, 7) is 2.88. The SMILES string of the molecule is CCOc1ccc(C(=O)NCC(c2ccccc2OC)N(C)C)cc1OC. The predicted molar refractivity (Wildman–Crippen MR) is 106 cm³/mol. The number of likely N-dealkylation sites (N-methyl/N-ethyl adjacent to an activating group) is 1. The Kier molecular flexibility index (Phi) is 7.49. The maximum atomic E-state index is 12.6. The Labute approximate surface area is 161 Å². The normalized spacial score (nSPS) is 11.8. The molecule has 1 amide bonds. The van der Waals surface area contributed by atoms with Crippen LogP contribution in [0.5, 0.6) is 17.2 Å². The highest BCUT2D eigenvalue weighted by Gasteiger charge is 2.20. The van der Waals surface area contributed by atoms with Crippen LogP contribution < -0.4 is 19.5 Å². The van der Waals surface area contributed by atoms with Gasteiger partial charge >= 0.3 is 0 Å². The Bertz CT molecular complexity index is 762. The van der Waals surface area contributed by atoms with Gasteiger partial charge < -0.3 is 24.4 Å². The first-order chi connectivity index (χ1) is 13.0. The van der Waals surface area contributed by atoms with Crippen LogP contribution in [0.15, 0.2) is 42.5 Å². The van der Waals surface area contributed by atoms with Crippen molar-refractivity contribution in [3.8, 4) is 17.2 Å². The molecule has 6 nitrogen and oxygen atoms in total. The average Bonchev–Trinajstić information content (AvgIpc) is 2.68. The van der Waals surface area contributed by atoms with E-state index in [-0.39, 0.29) is 11.9 Å². The topological polar surface area (TPSA) is 60.0 Å². The first-order valence-corrected chi connectivity index (χ1v) is 8.90. The highest BCUT2D eigenvalue weighted by Crippen LogP contribution is 2.29. The molecule has 0 saturated heterocycles. The zero-order chi connectivity index (χ0) is 19.8. The van der Waals surface area contributed by atoms with Gasteiger partial charge in [0.2, 0.25) is 0 Å². The van der Waals surface area contributed by atoms with Crippen molar-refractivity contribution < 1.29 is 19.0 Å². The summed E-state index contributed by atoms with van der Waals surface area (Å²) < 4.78 is 16.3. The molecular weight excluding hydrogens is 344 g/mol. The molecule has 0 spiro atoms. The molecule has 0 aromatic heterocycles. The lowest BCUT2D eigenvalue weighted by Crippen LogP contribution is -2.34. The third-order valence-corrected chi connectivity index (χ3v) is 4.30. The van der Waals surface area contributed by atoms with Crippen molar-refractivity contribution in [1.82, 2.24) is 10.2 Å². The number of para-hydroxylation sites is 1. The van der Waals surface area contributed by atoms with E-state index in [0.29, 0.717) is 30.2 Å². The first-order valence-electron chi connectivity index (χ1n) is 8.90. The molecule has 0 saturated carbocycles. The summed E-state index contributed by atoms with van der Waals surface area (Å²) >= 11 is 0. The number of nitrogens with zero attached hydrogens (tertiary/aromatic N) is 1. The molecular formula is C21H28N2O4. The molecule has 2 rings (SSSR count). The Morgan fingerprint density at radius 2 is 1.74 bits per heavy atom. The lowest BCUT2D eigenvalue weighted by atomic mass is 10.0. The van der Waals surface area contributed by atoms with E-state index in [2.05, 4.69) is 10.2 Å². The van der Waals surface area contributed by atoms with Gasteiger partial charge in [-0.3, -0.25) is 4.79 Å². The fourth-order valence-corrected chi connectivity index (χ4v) is 2.89. The molecule has 2 aromatic rings. The van der Waals surface area contributed by atoms with Gasteiger partial charge in [-0.15, -0.1) is 0 Å². The lowest BCUT2D eigenvalue weighted by molar-refractivity contribution is 0.0941. The van der Waals surface area contributed by atoms with E-state index in [4.69, 9.17) is 14.2 Å². The van der Waals surface area contributed by atoms with Crippen molar-refractivity contribution in [3.05, 3.63) is 53.6 Å². The van der Waals surface area contributed by atoms with Crippen LogP contribution in [0.1, 0.15) is 28.9 Å². The second-order valence-electron chi connectivity index (χ2n) is 6.23. The molecule has 0 aliphatic carbocycles. The van der Waals surface area contributed by atoms with E-state index >= 15 is 0 Å². The van der Waals surface area contributed by atoms with Gasteiger partial charge in [0.1, 0.15) is 5.75 Å². The molecule has 1 N–H and O–H groups in total. The van der Waals surface area contributed by atoms with Gasteiger partial charge in [-0.05, 0) is 45.3 Å². The van der Waals surface area contributed by atoms with Crippen LogP contribution >= 0.6 is 0 Å². The van der Waals surface area contributed by atoms with Gasteiger partial charge in [0.15, 0.2) is 11.5 Å². The zero-order valence-electron chi connectivity index (χ0n) is 16.6. The second kappa shape index (κ2) is 9.83. The number of amides is 1. The van der Waals surface area contributed by atoms with Crippen LogP contribution in [0, 0.1) is 0 Å². The summed E-state index contributed by atoms with van der Waals surface area (Å²) in [5.74, 6) is 1.79. The highest BCUT2D eigenvalue weighted by molar-refractivity contribution is 5.94. The molecule has 146 valence electrons. The van der Waals surface area contributed by atoms with Crippen LogP contribution in [0.4, 0.5) is 0 Å². The number of carbonyl (C=O) groups excluding carboxylic acids is 1. The van der Waals surface area contributed by atoms with Crippen molar-refractivity contribution in [3.63, 3.8) is 0 Å². The summed E-state index contributed by atoms with van der Waals surface area (Å²) in [5, 5.41) is 3.00. The van der Waals surface area contributed by atoms with Gasteiger partial charge in [0.05, 0.1) is 26.9 Å². The molecule has 0 bridgehead atoms. The Hall–Kier alpha value is -2.73. The minimum atomic E-state index is -0.168. The van der Waals surface area contributed by atoms with Crippen LogP contribution in [0.25, 0.3) is 0 Å². The number of ether oxygens (including phenoxy) is 3. The number of methoxy groups -OCH3 is 2. The van der Waals surface area contributed by atoms with Crippen molar-refractivity contribution in [2.75, 3.05) is 41.5 Å². The summed E-state index contributed by atoms with van der Waals surface area (Å²) in [6.07, 6.45) is 0. The number of hydrogen-bond donors (Lipinski definition) is 1. The molecule has 2 aromatic carbocycles. The zero-order valence-corrected chi connectivity index (χ0v) is 16.6. The Balaban J connectivity index is 2.14. The molecule has 27 heavy (non-hydrogen) atoms. The van der Waals surface area contributed by atoms with Crippen LogP contribution in [0.2, 0.25) is 0 Å². The maximum Gasteiger partial charge on any atom is 0.251 e. The quantitative estimate of drug-likeness (QED) is 0.733. The number of hydrogen-bond acceptors (Lipinski definition) is 5. The largest absolute Gasteiger partial charge is 0.496 e. The number of nitrogens with one attached hydrogen (secondary N) is 1. The Morgan fingerprint density at radius 3 is 2.37 bits per heavy atom. The lowest BCUT2D eigenvalue weighted by Gasteiger charge is -2.26. The van der Waals surface area contributed by atoms with E-state index in [1.807, 2.05) is 45.3 Å². The van der Waals surface area contributed by atoms with Crippen molar-refractivity contribution >= 4 is 5.91 Å². The monoisotopic (exact) mass is 372 g/mol. The highest BCUT2D eigenvalue weighted by atomic mass is 16.5. The number of rotatable bonds is 9. The van der Waals surface area contributed by atoms with E-state index in [1.54, 1.807) is 32.4 Å². The Morgan fingerprint density at radius 1 is 1.04 bits per heavy atom. The van der Waals surface area contributed by atoms with Crippen LogP contribution in [-0.4, -0.2) is 52.3 Å². The molecule has 0 aliphatic rings. The molecule has 6 heteroatoms. The van der Waals surface area contributed by atoms with E-state index in [1.165, 1.54) is 0 Å². The average molecular weight is 372 g/mol. The van der Waals surface area contributed by atoms with Gasteiger partial charge in [0, 0.05) is 17.7 Å². The fourth-order valence-electron chi connectivity index (χ4n) is 2.89. The first kappa shape index (κ1) is 20.6. The van der Waals surface area contributed by atoms with Crippen molar-refractivity contribution in [2.24, 2.45) is 0 Å². The summed E-state index contributed by atoms with van der Waals surface area (Å²) in [7, 11) is 7.16. The summed E-state index contributed by atoms with van der Waals surface area (Å²) in [6, 6.07) is 13.0. The third-order valence-electron chi connectivity index (χ3n) is 4.30. The molecule has 1 unspecified atom stereocenters. The van der Waals surface area contributed by atoms with Crippen LogP contribution in [0.3, 0.4) is 0 Å². The van der Waals surface area contributed by atoms with Gasteiger partial charge in [0.25, 0.3) is 5.91 Å². The van der Waals surface area contributed by atoms with Crippen molar-refractivity contribution in [2.45, 2.75) is 13.0 Å². The van der Waals surface area contributed by atoms with Crippen molar-refractivity contribution in [1.29, 1.82) is 0 Å². The van der Waals surface area contributed by atoms with E-state index < -0.39 is 0 Å². The smallest absolute Gasteiger partial charge is 0.251 e. The van der Waals surface area contributed by atoms with Gasteiger partial charge in [-0.1, -0.05) is 18.2 Å². The number of benzene rings is 2. The standard InChI is InChI=1S/C21H28N2O4/c1-6-27-19-12-11-15(13-20(19)26-5)21(24)22-14-17(23(2)3)16-9-7-8-10-18(16)25-4/h7-13,17H,6,14H2,1-5H3,(H,22,24). The number of carbonyl (C=O) groups is 1. The van der Waals surface area contributed by atoms with Gasteiger partial charge in [-0.2, -0.15) is 0 Å². The maximum absolute atomic E-state index is 12.6. The van der Waals surface area contributed by atoms with Crippen LogP contribution in [-0.2, 0) is 0 Å². The molecule has 0 fully saturated rings. The molecule has 0 aliphatic heterocycles. The molecule has 1 atom stereocenters. The minimum Gasteiger partial charge on any atom is -0.496 e. The second-order valence-corrected chi connectivity index (χ2v) is 6.23. The predicted octanol–water partition coefficient (Wildman–Crippen LogP) is 3.14. The molecule has 0 radical (unpaired) electrons. The molecule has 0 heterocycles. The summed E-state index contributed by atoms with van der Waals surface area (Å²) in [5.41, 5.74) is 1.54. The third kappa shape index (κ3) is 5.14. The summed E-state index contributed by atoms with van der Waals surface area (Å²) in [4.78, 5) is 14.7. The van der Waals surface area contributed by atoms with E-state index in [0.717, 1.165) is 11.3 Å².